The molecule has 1 saturated carbocycles. The Kier molecular flexibility index (Phi) is 8.36. The van der Waals surface area contributed by atoms with Crippen molar-refractivity contribution in [3.05, 3.63) is 70.3 Å². The van der Waals surface area contributed by atoms with E-state index < -0.39 is 17.8 Å². The summed E-state index contributed by atoms with van der Waals surface area (Å²) >= 11 is 0. The van der Waals surface area contributed by atoms with Crippen LogP contribution in [0.4, 0.5) is 10.2 Å². The number of nitrogens with one attached hydrogen (secondary N) is 3. The standard InChI is InChI=1S/C25H33FN4O2/c1-16-17(2)24(26)20(25(32)30-21-7-4-5-8-22(21)31)14-19(16)13-18-9-10-23(29-15-18)28-12-6-11-27-3/h6,9-10,12,14-15,21-22,27,31H,4-5,7-8,11,13H2,1-3H3,(H,28,29)(H,30,32)/b12-6-/t21?,22-/m0/s1. The van der Waals surface area contributed by atoms with Crippen LogP contribution in [-0.4, -0.2) is 41.7 Å². The number of aromatic nitrogens is 1. The molecule has 3 rings (SSSR count). The maximum atomic E-state index is 15.0. The average Bonchev–Trinajstić information content (AvgIpc) is 2.79. The average molecular weight is 441 g/mol. The van der Waals surface area contributed by atoms with E-state index in [4.69, 9.17) is 0 Å². The summed E-state index contributed by atoms with van der Waals surface area (Å²) in [6.07, 6.45) is 8.81. The number of benzene rings is 1. The summed E-state index contributed by atoms with van der Waals surface area (Å²) in [5.41, 5.74) is 3.18. The van der Waals surface area contributed by atoms with Crippen molar-refractivity contribution < 1.29 is 14.3 Å². The number of anilines is 1. The second-order valence-electron chi connectivity index (χ2n) is 8.41. The molecule has 0 aliphatic heterocycles. The van der Waals surface area contributed by atoms with Gasteiger partial charge in [-0.25, -0.2) is 9.37 Å². The lowest BCUT2D eigenvalue weighted by Gasteiger charge is -2.28. The van der Waals surface area contributed by atoms with Crippen LogP contribution in [0.15, 0.2) is 36.7 Å². The molecule has 1 fully saturated rings. The molecule has 172 valence electrons. The van der Waals surface area contributed by atoms with Crippen molar-refractivity contribution in [2.45, 2.75) is 58.1 Å². The topological polar surface area (TPSA) is 86.3 Å². The number of carbonyl (C=O) groups is 1. The maximum absolute atomic E-state index is 15.0. The van der Waals surface area contributed by atoms with Crippen molar-refractivity contribution in [3.8, 4) is 0 Å². The maximum Gasteiger partial charge on any atom is 0.254 e. The van der Waals surface area contributed by atoms with E-state index in [2.05, 4.69) is 20.9 Å². The van der Waals surface area contributed by atoms with Crippen LogP contribution in [0.1, 0.15) is 58.3 Å². The molecule has 0 spiro atoms. The summed E-state index contributed by atoms with van der Waals surface area (Å²) in [5.74, 6) is -0.233. The van der Waals surface area contributed by atoms with E-state index in [0.29, 0.717) is 24.8 Å². The molecule has 0 radical (unpaired) electrons. The van der Waals surface area contributed by atoms with E-state index in [9.17, 15) is 14.3 Å². The summed E-state index contributed by atoms with van der Waals surface area (Å²) < 4.78 is 15.0. The minimum atomic E-state index is -0.576. The lowest BCUT2D eigenvalue weighted by molar-refractivity contribution is 0.0714. The first-order valence-corrected chi connectivity index (χ1v) is 11.2. The zero-order chi connectivity index (χ0) is 23.1. The van der Waals surface area contributed by atoms with Gasteiger partial charge >= 0.3 is 0 Å². The van der Waals surface area contributed by atoms with Crippen LogP contribution in [0.5, 0.6) is 0 Å². The van der Waals surface area contributed by atoms with Gasteiger partial charge in [0.2, 0.25) is 0 Å². The van der Waals surface area contributed by atoms with Crippen LogP contribution in [0.2, 0.25) is 0 Å². The van der Waals surface area contributed by atoms with Crippen LogP contribution in [0, 0.1) is 19.7 Å². The molecule has 32 heavy (non-hydrogen) atoms. The first-order valence-electron chi connectivity index (χ1n) is 11.2. The van der Waals surface area contributed by atoms with Gasteiger partial charge in [-0.05, 0) is 80.7 Å². The molecule has 2 atom stereocenters. The lowest BCUT2D eigenvalue weighted by atomic mass is 9.91. The summed E-state index contributed by atoms with van der Waals surface area (Å²) in [7, 11) is 1.88. The molecule has 1 aromatic heterocycles. The summed E-state index contributed by atoms with van der Waals surface area (Å²) in [6.45, 7) is 4.34. The quantitative estimate of drug-likeness (QED) is 0.504. The molecule has 1 amide bonds. The van der Waals surface area contributed by atoms with E-state index in [-0.39, 0.29) is 11.6 Å². The number of hydrogen-bond donors (Lipinski definition) is 4. The van der Waals surface area contributed by atoms with Gasteiger partial charge < -0.3 is 21.1 Å². The number of amides is 1. The third kappa shape index (κ3) is 5.93. The fourth-order valence-corrected chi connectivity index (χ4v) is 3.98. The SMILES string of the molecule is CNC/C=C\Nc1ccc(Cc2cc(C(=O)NC3CCCC[C@@H]3O)c(F)c(C)c2C)cn1. The van der Waals surface area contributed by atoms with Crippen molar-refractivity contribution in [3.63, 3.8) is 0 Å². The lowest BCUT2D eigenvalue weighted by Crippen LogP contribution is -2.45. The minimum Gasteiger partial charge on any atom is -0.391 e. The number of nitrogens with zero attached hydrogens (tertiary/aromatic N) is 1. The second kappa shape index (κ2) is 11.2. The number of aliphatic hydroxyl groups is 1. The molecular weight excluding hydrogens is 407 g/mol. The van der Waals surface area contributed by atoms with E-state index in [1.165, 1.54) is 0 Å². The number of pyridine rings is 1. The predicted octanol–water partition coefficient (Wildman–Crippen LogP) is 3.61. The summed E-state index contributed by atoms with van der Waals surface area (Å²) in [5, 5.41) is 19.1. The van der Waals surface area contributed by atoms with Crippen molar-refractivity contribution in [1.82, 2.24) is 15.6 Å². The van der Waals surface area contributed by atoms with Crippen LogP contribution in [-0.2, 0) is 6.42 Å². The Hall–Kier alpha value is -2.77. The Morgan fingerprint density at radius 1 is 1.25 bits per heavy atom. The highest BCUT2D eigenvalue weighted by Gasteiger charge is 2.26. The van der Waals surface area contributed by atoms with Gasteiger partial charge in [-0.1, -0.05) is 25.0 Å². The normalized spacial score (nSPS) is 18.7. The number of hydrogen-bond acceptors (Lipinski definition) is 5. The molecule has 1 aliphatic carbocycles. The van der Waals surface area contributed by atoms with Gasteiger partial charge in [-0.3, -0.25) is 4.79 Å². The van der Waals surface area contributed by atoms with Gasteiger partial charge in [0.25, 0.3) is 5.91 Å². The summed E-state index contributed by atoms with van der Waals surface area (Å²) in [4.78, 5) is 17.3. The molecule has 7 heteroatoms. The smallest absolute Gasteiger partial charge is 0.254 e. The van der Waals surface area contributed by atoms with Gasteiger partial charge in [0.05, 0.1) is 17.7 Å². The van der Waals surface area contributed by atoms with Gasteiger partial charge in [-0.2, -0.15) is 0 Å². The van der Waals surface area contributed by atoms with Gasteiger partial charge in [0.15, 0.2) is 0 Å². The zero-order valence-electron chi connectivity index (χ0n) is 19.0. The highest BCUT2D eigenvalue weighted by atomic mass is 19.1. The first-order chi connectivity index (χ1) is 15.4. The van der Waals surface area contributed by atoms with Crippen molar-refractivity contribution in [2.24, 2.45) is 0 Å². The fourth-order valence-electron chi connectivity index (χ4n) is 3.98. The van der Waals surface area contributed by atoms with E-state index >= 15 is 0 Å². The molecule has 0 saturated heterocycles. The number of likely N-dealkylation sites (N-methyl/N-ethyl adjacent to an activating group) is 1. The first kappa shape index (κ1) is 23.9. The van der Waals surface area contributed by atoms with Crippen LogP contribution in [0.3, 0.4) is 0 Å². The molecule has 1 aromatic carbocycles. The second-order valence-corrected chi connectivity index (χ2v) is 8.41. The van der Waals surface area contributed by atoms with Crippen LogP contribution < -0.4 is 16.0 Å². The molecule has 1 aliphatic rings. The Labute approximate surface area is 189 Å². The van der Waals surface area contributed by atoms with E-state index in [1.807, 2.05) is 38.4 Å². The Bertz CT molecular complexity index is 959. The van der Waals surface area contributed by atoms with E-state index in [0.717, 1.165) is 41.9 Å². The minimum absolute atomic E-state index is 0.0294. The van der Waals surface area contributed by atoms with Crippen molar-refractivity contribution in [1.29, 1.82) is 0 Å². The number of rotatable bonds is 8. The molecular formula is C25H33FN4O2. The summed E-state index contributed by atoms with van der Waals surface area (Å²) in [6, 6.07) is 5.17. The molecule has 2 aromatic rings. The van der Waals surface area contributed by atoms with Crippen LogP contribution in [0.25, 0.3) is 0 Å². The molecule has 6 nitrogen and oxygen atoms in total. The van der Waals surface area contributed by atoms with Crippen molar-refractivity contribution in [2.75, 3.05) is 18.9 Å². The highest BCUT2D eigenvalue weighted by Crippen LogP contribution is 2.25. The predicted molar refractivity (Wildman–Crippen MR) is 125 cm³/mol. The van der Waals surface area contributed by atoms with Gasteiger partial charge in [0, 0.05) is 12.7 Å². The third-order valence-corrected chi connectivity index (χ3v) is 6.11. The number of aliphatic hydroxyl groups excluding tert-OH is 1. The molecule has 0 bridgehead atoms. The number of halogens is 1. The largest absolute Gasteiger partial charge is 0.391 e. The van der Waals surface area contributed by atoms with Crippen LogP contribution >= 0.6 is 0 Å². The van der Waals surface area contributed by atoms with Gasteiger partial charge in [0.1, 0.15) is 11.6 Å². The Morgan fingerprint density at radius 3 is 2.72 bits per heavy atom. The molecule has 4 N–H and O–H groups in total. The number of carbonyl (C=O) groups excluding carboxylic acids is 1. The van der Waals surface area contributed by atoms with Crippen molar-refractivity contribution >= 4 is 11.7 Å². The Balaban J connectivity index is 1.75. The fraction of sp³-hybridized carbons (Fsp3) is 0.440. The van der Waals surface area contributed by atoms with E-state index in [1.54, 1.807) is 19.2 Å². The van der Waals surface area contributed by atoms with Gasteiger partial charge in [-0.15, -0.1) is 0 Å². The zero-order valence-corrected chi connectivity index (χ0v) is 19.0. The Morgan fingerprint density at radius 2 is 2.03 bits per heavy atom. The molecule has 1 heterocycles. The molecule has 1 unspecified atom stereocenters. The third-order valence-electron chi connectivity index (χ3n) is 6.11. The monoisotopic (exact) mass is 440 g/mol. The highest BCUT2D eigenvalue weighted by molar-refractivity contribution is 5.95.